The van der Waals surface area contributed by atoms with Crippen molar-refractivity contribution in [3.05, 3.63) is 64.6 Å². The van der Waals surface area contributed by atoms with E-state index in [2.05, 4.69) is 15.3 Å². The largest absolute Gasteiger partial charge is 0.387 e. The number of nitrogens with zero attached hydrogens (tertiary/aromatic N) is 3. The number of benzene rings is 1. The van der Waals surface area contributed by atoms with Gasteiger partial charge in [0.2, 0.25) is 0 Å². The first-order chi connectivity index (χ1) is 14.6. The van der Waals surface area contributed by atoms with Crippen molar-refractivity contribution >= 4 is 23.1 Å². The molecule has 8 heteroatoms. The SMILES string of the molecule is Cc1ccnc(-c2ccc(NC(=O)N3CCOC[C@@H]3C[C@H](O)c3cccs3)cc2)n1. The number of rotatable bonds is 5. The predicted octanol–water partition coefficient (Wildman–Crippen LogP) is 3.87. The van der Waals surface area contributed by atoms with Gasteiger partial charge in [-0.2, -0.15) is 0 Å². The lowest BCUT2D eigenvalue weighted by atomic mass is 10.1. The second-order valence-corrected chi connectivity index (χ2v) is 8.20. The molecule has 0 aliphatic carbocycles. The van der Waals surface area contributed by atoms with E-state index < -0.39 is 6.10 Å². The number of hydrogen-bond donors (Lipinski definition) is 2. The van der Waals surface area contributed by atoms with Crippen LogP contribution in [0, 0.1) is 6.92 Å². The van der Waals surface area contributed by atoms with E-state index in [4.69, 9.17) is 4.74 Å². The number of ether oxygens (including phenoxy) is 1. The fourth-order valence-electron chi connectivity index (χ4n) is 3.46. The summed E-state index contributed by atoms with van der Waals surface area (Å²) in [6.07, 6.45) is 1.56. The summed E-state index contributed by atoms with van der Waals surface area (Å²) in [6, 6.07) is 12.8. The summed E-state index contributed by atoms with van der Waals surface area (Å²) in [4.78, 5) is 24.3. The lowest BCUT2D eigenvalue weighted by Gasteiger charge is -2.36. The van der Waals surface area contributed by atoms with E-state index >= 15 is 0 Å². The zero-order valence-electron chi connectivity index (χ0n) is 16.7. The minimum absolute atomic E-state index is 0.184. The number of aromatic nitrogens is 2. The van der Waals surface area contributed by atoms with Crippen molar-refractivity contribution in [2.75, 3.05) is 25.1 Å². The highest BCUT2D eigenvalue weighted by atomic mass is 32.1. The molecule has 7 nitrogen and oxygen atoms in total. The van der Waals surface area contributed by atoms with Crippen molar-refractivity contribution in [1.29, 1.82) is 0 Å². The van der Waals surface area contributed by atoms with E-state index in [0.29, 0.717) is 37.7 Å². The van der Waals surface area contributed by atoms with E-state index in [0.717, 1.165) is 16.1 Å². The first-order valence-electron chi connectivity index (χ1n) is 9.87. The Kier molecular flexibility index (Phi) is 6.37. The summed E-state index contributed by atoms with van der Waals surface area (Å²) in [5.74, 6) is 0.656. The number of aliphatic hydroxyl groups excluding tert-OH is 1. The van der Waals surface area contributed by atoms with E-state index in [1.165, 1.54) is 11.3 Å². The second-order valence-electron chi connectivity index (χ2n) is 7.22. The Bertz CT molecular complexity index is 978. The van der Waals surface area contributed by atoms with Gasteiger partial charge >= 0.3 is 6.03 Å². The lowest BCUT2D eigenvalue weighted by molar-refractivity contribution is -0.00382. The summed E-state index contributed by atoms with van der Waals surface area (Å²) in [5.41, 5.74) is 2.49. The molecular formula is C22H24N4O3S. The molecule has 0 radical (unpaired) electrons. The van der Waals surface area contributed by atoms with Gasteiger partial charge in [-0.15, -0.1) is 11.3 Å². The van der Waals surface area contributed by atoms with Crippen LogP contribution in [0.5, 0.6) is 0 Å². The van der Waals surface area contributed by atoms with Gasteiger partial charge in [-0.1, -0.05) is 6.07 Å². The Labute approximate surface area is 179 Å². The maximum absolute atomic E-state index is 12.9. The van der Waals surface area contributed by atoms with Crippen LogP contribution in [0.2, 0.25) is 0 Å². The molecule has 1 aliphatic heterocycles. The average molecular weight is 425 g/mol. The molecule has 156 valence electrons. The van der Waals surface area contributed by atoms with Gasteiger partial charge in [0, 0.05) is 41.0 Å². The fourth-order valence-corrected chi connectivity index (χ4v) is 4.18. The normalized spacial score (nSPS) is 17.5. The lowest BCUT2D eigenvalue weighted by Crippen LogP contribution is -2.50. The Hall–Kier alpha value is -2.81. The zero-order valence-corrected chi connectivity index (χ0v) is 17.5. The molecule has 3 heterocycles. The molecule has 3 aromatic rings. The van der Waals surface area contributed by atoms with Gasteiger partial charge in [-0.3, -0.25) is 0 Å². The number of carbonyl (C=O) groups is 1. The van der Waals surface area contributed by atoms with Crippen molar-refractivity contribution < 1.29 is 14.6 Å². The van der Waals surface area contributed by atoms with E-state index in [9.17, 15) is 9.90 Å². The standard InChI is InChI=1S/C22H24N4O3S/c1-15-8-9-23-21(24-15)16-4-6-17(7-5-16)25-22(28)26-10-11-29-14-18(26)13-19(27)20-3-2-12-30-20/h2-9,12,18-19,27H,10-11,13-14H2,1H3,(H,25,28)/t18-,19-/m0/s1. The summed E-state index contributed by atoms with van der Waals surface area (Å²) in [5, 5.41) is 15.4. The maximum Gasteiger partial charge on any atom is 0.322 e. The number of urea groups is 1. The summed E-state index contributed by atoms with van der Waals surface area (Å²) >= 11 is 1.51. The molecule has 2 amide bonds. The van der Waals surface area contributed by atoms with Crippen LogP contribution in [0.1, 0.15) is 23.1 Å². The topological polar surface area (TPSA) is 87.6 Å². The number of thiophene rings is 1. The average Bonchev–Trinajstić information content (AvgIpc) is 3.30. The highest BCUT2D eigenvalue weighted by Crippen LogP contribution is 2.26. The highest BCUT2D eigenvalue weighted by Gasteiger charge is 2.30. The van der Waals surface area contributed by atoms with Crippen LogP contribution in [0.15, 0.2) is 54.0 Å². The Morgan fingerprint density at radius 3 is 2.90 bits per heavy atom. The molecule has 2 N–H and O–H groups in total. The van der Waals surface area contributed by atoms with Crippen LogP contribution in [0.4, 0.5) is 10.5 Å². The molecule has 0 bridgehead atoms. The Morgan fingerprint density at radius 2 is 2.17 bits per heavy atom. The number of aryl methyl sites for hydroxylation is 1. The molecule has 1 aliphatic rings. The number of amides is 2. The molecule has 2 aromatic heterocycles. The molecule has 1 aromatic carbocycles. The smallest absolute Gasteiger partial charge is 0.322 e. The summed E-state index contributed by atoms with van der Waals surface area (Å²) < 4.78 is 5.56. The number of carbonyl (C=O) groups excluding carboxylic acids is 1. The molecule has 0 spiro atoms. The van der Waals surface area contributed by atoms with Gasteiger partial charge in [0.05, 0.1) is 25.4 Å². The Balaban J connectivity index is 1.41. The third-order valence-electron chi connectivity index (χ3n) is 5.04. The molecule has 30 heavy (non-hydrogen) atoms. The third-order valence-corrected chi connectivity index (χ3v) is 6.02. The summed E-state index contributed by atoms with van der Waals surface area (Å²) in [7, 11) is 0. The fraction of sp³-hybridized carbons (Fsp3) is 0.318. The van der Waals surface area contributed by atoms with Crippen LogP contribution in [0.3, 0.4) is 0 Å². The minimum atomic E-state index is -0.611. The van der Waals surface area contributed by atoms with Crippen LogP contribution in [-0.4, -0.2) is 51.8 Å². The number of anilines is 1. The van der Waals surface area contributed by atoms with Crippen molar-refractivity contribution in [3.8, 4) is 11.4 Å². The molecule has 4 rings (SSSR count). The molecular weight excluding hydrogens is 400 g/mol. The molecule has 0 unspecified atom stereocenters. The highest BCUT2D eigenvalue weighted by molar-refractivity contribution is 7.10. The van der Waals surface area contributed by atoms with Gasteiger partial charge in [-0.05, 0) is 48.7 Å². The first kappa shape index (κ1) is 20.5. The van der Waals surface area contributed by atoms with Crippen molar-refractivity contribution in [2.24, 2.45) is 0 Å². The third kappa shape index (κ3) is 4.84. The molecule has 0 saturated carbocycles. The van der Waals surface area contributed by atoms with Crippen molar-refractivity contribution in [3.63, 3.8) is 0 Å². The predicted molar refractivity (Wildman–Crippen MR) is 116 cm³/mol. The van der Waals surface area contributed by atoms with Gasteiger partial charge in [0.15, 0.2) is 5.82 Å². The molecule has 2 atom stereocenters. The number of morpholine rings is 1. The monoisotopic (exact) mass is 424 g/mol. The zero-order chi connectivity index (χ0) is 20.9. The number of nitrogens with one attached hydrogen (secondary N) is 1. The minimum Gasteiger partial charge on any atom is -0.387 e. The second kappa shape index (κ2) is 9.34. The van der Waals surface area contributed by atoms with Gasteiger partial charge in [-0.25, -0.2) is 14.8 Å². The van der Waals surface area contributed by atoms with Crippen molar-refractivity contribution in [2.45, 2.75) is 25.5 Å². The first-order valence-corrected chi connectivity index (χ1v) is 10.7. The molecule has 1 fully saturated rings. The quantitative estimate of drug-likeness (QED) is 0.649. The van der Waals surface area contributed by atoms with Gasteiger partial charge in [0.1, 0.15) is 0 Å². The maximum atomic E-state index is 12.9. The van der Waals surface area contributed by atoms with Crippen molar-refractivity contribution in [1.82, 2.24) is 14.9 Å². The van der Waals surface area contributed by atoms with Gasteiger partial charge in [0.25, 0.3) is 0 Å². The van der Waals surface area contributed by atoms with Crippen LogP contribution < -0.4 is 5.32 Å². The van der Waals surface area contributed by atoms with Crippen LogP contribution >= 0.6 is 11.3 Å². The van der Waals surface area contributed by atoms with Gasteiger partial charge < -0.3 is 20.1 Å². The van der Waals surface area contributed by atoms with Crippen LogP contribution in [0.25, 0.3) is 11.4 Å². The number of hydrogen-bond acceptors (Lipinski definition) is 6. The molecule has 1 saturated heterocycles. The van der Waals surface area contributed by atoms with Crippen LogP contribution in [-0.2, 0) is 4.74 Å². The van der Waals surface area contributed by atoms with E-state index in [-0.39, 0.29) is 12.1 Å². The Morgan fingerprint density at radius 1 is 1.33 bits per heavy atom. The summed E-state index contributed by atoms with van der Waals surface area (Å²) in [6.45, 7) is 3.32. The van der Waals surface area contributed by atoms with E-state index in [1.54, 1.807) is 11.1 Å². The van der Waals surface area contributed by atoms with E-state index in [1.807, 2.05) is 54.8 Å². The number of aliphatic hydroxyl groups is 1.